The van der Waals surface area contributed by atoms with Gasteiger partial charge in [-0.3, -0.25) is 4.98 Å². The van der Waals surface area contributed by atoms with Crippen LogP contribution >= 0.6 is 23.3 Å². The fraction of sp³-hybridized carbons (Fsp3) is 0.222. The van der Waals surface area contributed by atoms with Crippen LogP contribution in [0.4, 0.5) is 0 Å². The molecular formula is C9H10N4S2. The standard InChI is InChI=1S/C9H10N4S2/c1-6-12-9(15-13-6)14-8-2-3-11-7(4-8)5-10/h2-4H,5,10H2,1H3. The number of aryl methyl sites for hydroxylation is 1. The fourth-order valence-electron chi connectivity index (χ4n) is 1.05. The van der Waals surface area contributed by atoms with E-state index in [-0.39, 0.29) is 0 Å². The summed E-state index contributed by atoms with van der Waals surface area (Å²) in [6, 6.07) is 3.92. The summed E-state index contributed by atoms with van der Waals surface area (Å²) in [5.74, 6) is 0.815. The van der Waals surface area contributed by atoms with Crippen LogP contribution in [0.15, 0.2) is 27.6 Å². The quantitative estimate of drug-likeness (QED) is 0.884. The lowest BCUT2D eigenvalue weighted by Gasteiger charge is -1.99. The number of pyridine rings is 1. The number of rotatable bonds is 3. The van der Waals surface area contributed by atoms with E-state index in [9.17, 15) is 0 Å². The van der Waals surface area contributed by atoms with Crippen molar-refractivity contribution in [2.45, 2.75) is 22.7 Å². The molecular weight excluding hydrogens is 228 g/mol. The Morgan fingerprint density at radius 1 is 1.53 bits per heavy atom. The molecule has 4 nitrogen and oxygen atoms in total. The number of hydrogen-bond acceptors (Lipinski definition) is 6. The molecule has 0 radical (unpaired) electrons. The van der Waals surface area contributed by atoms with Crippen molar-refractivity contribution in [1.29, 1.82) is 0 Å². The number of aromatic nitrogens is 3. The lowest BCUT2D eigenvalue weighted by molar-refractivity contribution is 0.976. The molecule has 0 aliphatic carbocycles. The highest BCUT2D eigenvalue weighted by Crippen LogP contribution is 2.28. The minimum atomic E-state index is 0.462. The highest BCUT2D eigenvalue weighted by Gasteiger charge is 2.03. The second kappa shape index (κ2) is 4.69. The van der Waals surface area contributed by atoms with E-state index in [0.717, 1.165) is 20.8 Å². The minimum Gasteiger partial charge on any atom is -0.325 e. The summed E-state index contributed by atoms with van der Waals surface area (Å²) >= 11 is 3.00. The summed E-state index contributed by atoms with van der Waals surface area (Å²) in [6.45, 7) is 2.35. The maximum Gasteiger partial charge on any atom is 0.174 e. The number of nitrogens with two attached hydrogens (primary N) is 1. The van der Waals surface area contributed by atoms with Crippen LogP contribution in [-0.4, -0.2) is 14.3 Å². The zero-order valence-electron chi connectivity index (χ0n) is 8.17. The molecule has 0 saturated carbocycles. The Kier molecular flexibility index (Phi) is 3.30. The average Bonchev–Trinajstić information content (AvgIpc) is 2.64. The molecule has 2 aromatic heterocycles. The van der Waals surface area contributed by atoms with Gasteiger partial charge >= 0.3 is 0 Å². The Labute approximate surface area is 96.1 Å². The Morgan fingerprint density at radius 3 is 3.07 bits per heavy atom. The molecule has 78 valence electrons. The van der Waals surface area contributed by atoms with Gasteiger partial charge in [0.25, 0.3) is 0 Å². The van der Waals surface area contributed by atoms with Crippen LogP contribution in [0.1, 0.15) is 11.5 Å². The van der Waals surface area contributed by atoms with Gasteiger partial charge in [0.2, 0.25) is 0 Å². The van der Waals surface area contributed by atoms with E-state index in [2.05, 4.69) is 14.3 Å². The third-order valence-electron chi connectivity index (χ3n) is 1.71. The molecule has 0 aliphatic rings. The maximum atomic E-state index is 5.52. The predicted octanol–water partition coefficient (Wildman–Crippen LogP) is 1.85. The zero-order valence-corrected chi connectivity index (χ0v) is 9.81. The van der Waals surface area contributed by atoms with E-state index in [4.69, 9.17) is 5.73 Å². The van der Waals surface area contributed by atoms with Gasteiger partial charge < -0.3 is 5.73 Å². The van der Waals surface area contributed by atoms with Crippen molar-refractivity contribution in [1.82, 2.24) is 14.3 Å². The minimum absolute atomic E-state index is 0.462. The molecule has 2 N–H and O–H groups in total. The van der Waals surface area contributed by atoms with Gasteiger partial charge in [-0.1, -0.05) is 11.8 Å². The lowest BCUT2D eigenvalue weighted by Crippen LogP contribution is -1.98. The lowest BCUT2D eigenvalue weighted by atomic mass is 10.3. The van der Waals surface area contributed by atoms with Crippen LogP contribution in [0.2, 0.25) is 0 Å². The summed E-state index contributed by atoms with van der Waals surface area (Å²) in [7, 11) is 0. The first-order valence-corrected chi connectivity index (χ1v) is 6.00. The first-order chi connectivity index (χ1) is 7.28. The van der Waals surface area contributed by atoms with E-state index >= 15 is 0 Å². The van der Waals surface area contributed by atoms with Crippen LogP contribution in [0.25, 0.3) is 0 Å². The Balaban J connectivity index is 2.16. The summed E-state index contributed by atoms with van der Waals surface area (Å²) in [6.07, 6.45) is 1.76. The van der Waals surface area contributed by atoms with Gasteiger partial charge in [0.05, 0.1) is 5.69 Å². The van der Waals surface area contributed by atoms with Crippen molar-refractivity contribution in [2.24, 2.45) is 5.73 Å². The first-order valence-electron chi connectivity index (χ1n) is 4.41. The van der Waals surface area contributed by atoms with Crippen molar-refractivity contribution in [3.8, 4) is 0 Å². The van der Waals surface area contributed by atoms with Crippen LogP contribution in [0.5, 0.6) is 0 Å². The first kappa shape index (κ1) is 10.5. The molecule has 0 unspecified atom stereocenters. The van der Waals surface area contributed by atoms with Gasteiger partial charge in [0, 0.05) is 17.6 Å². The zero-order chi connectivity index (χ0) is 10.7. The topological polar surface area (TPSA) is 64.7 Å². The van der Waals surface area contributed by atoms with Crippen molar-refractivity contribution in [3.05, 3.63) is 29.8 Å². The average molecular weight is 238 g/mol. The van der Waals surface area contributed by atoms with Crippen molar-refractivity contribution in [2.75, 3.05) is 0 Å². The second-order valence-electron chi connectivity index (χ2n) is 2.90. The van der Waals surface area contributed by atoms with Crippen LogP contribution < -0.4 is 5.73 Å². The highest BCUT2D eigenvalue weighted by molar-refractivity contribution is 8.01. The highest BCUT2D eigenvalue weighted by atomic mass is 32.2. The summed E-state index contributed by atoms with van der Waals surface area (Å²) in [5, 5.41) is 0. The van der Waals surface area contributed by atoms with Crippen molar-refractivity contribution in [3.63, 3.8) is 0 Å². The molecule has 0 spiro atoms. The summed E-state index contributed by atoms with van der Waals surface area (Å²) in [5.41, 5.74) is 6.41. The normalized spacial score (nSPS) is 10.5. The molecule has 15 heavy (non-hydrogen) atoms. The molecule has 0 amide bonds. The smallest absolute Gasteiger partial charge is 0.174 e. The summed E-state index contributed by atoms with van der Waals surface area (Å²) in [4.78, 5) is 9.51. The third kappa shape index (κ3) is 2.74. The predicted molar refractivity (Wildman–Crippen MR) is 60.9 cm³/mol. The molecule has 0 atom stereocenters. The fourth-order valence-corrected chi connectivity index (χ4v) is 2.73. The molecule has 0 saturated heterocycles. The molecule has 2 heterocycles. The molecule has 0 aliphatic heterocycles. The maximum absolute atomic E-state index is 5.52. The van der Waals surface area contributed by atoms with E-state index in [1.807, 2.05) is 19.1 Å². The molecule has 2 aromatic rings. The van der Waals surface area contributed by atoms with Crippen molar-refractivity contribution < 1.29 is 0 Å². The van der Waals surface area contributed by atoms with Gasteiger partial charge in [-0.2, -0.15) is 4.37 Å². The third-order valence-corrected chi connectivity index (χ3v) is 3.54. The van der Waals surface area contributed by atoms with Gasteiger partial charge in [-0.05, 0) is 30.6 Å². The van der Waals surface area contributed by atoms with Crippen LogP contribution in [0, 0.1) is 6.92 Å². The Morgan fingerprint density at radius 2 is 2.40 bits per heavy atom. The van der Waals surface area contributed by atoms with E-state index in [0.29, 0.717) is 6.54 Å². The summed E-state index contributed by atoms with van der Waals surface area (Å²) < 4.78 is 5.07. The number of hydrogen-bond donors (Lipinski definition) is 1. The second-order valence-corrected chi connectivity index (χ2v) is 4.97. The molecule has 0 aromatic carbocycles. The Bertz CT molecular complexity index is 455. The van der Waals surface area contributed by atoms with E-state index in [1.54, 1.807) is 18.0 Å². The molecule has 0 fully saturated rings. The van der Waals surface area contributed by atoms with Crippen LogP contribution in [0.3, 0.4) is 0 Å². The SMILES string of the molecule is Cc1nsc(Sc2ccnc(CN)c2)n1. The van der Waals surface area contributed by atoms with Gasteiger partial charge in [-0.25, -0.2) is 4.98 Å². The van der Waals surface area contributed by atoms with E-state index in [1.165, 1.54) is 11.5 Å². The molecule has 0 bridgehead atoms. The molecule has 2 rings (SSSR count). The van der Waals surface area contributed by atoms with Gasteiger partial charge in [0.1, 0.15) is 5.82 Å². The number of nitrogens with zero attached hydrogens (tertiary/aromatic N) is 3. The van der Waals surface area contributed by atoms with Gasteiger partial charge in [0.15, 0.2) is 4.34 Å². The van der Waals surface area contributed by atoms with E-state index < -0.39 is 0 Å². The molecule has 6 heteroatoms. The van der Waals surface area contributed by atoms with Crippen LogP contribution in [-0.2, 0) is 6.54 Å². The largest absolute Gasteiger partial charge is 0.325 e. The Hall–Kier alpha value is -0.980. The van der Waals surface area contributed by atoms with Crippen molar-refractivity contribution >= 4 is 23.3 Å². The monoisotopic (exact) mass is 238 g/mol. The van der Waals surface area contributed by atoms with Gasteiger partial charge in [-0.15, -0.1) is 0 Å².